The first-order valence-corrected chi connectivity index (χ1v) is 7.11. The van der Waals surface area contributed by atoms with Crippen molar-refractivity contribution in [2.45, 2.75) is 71.1 Å². The fourth-order valence-corrected chi connectivity index (χ4v) is 4.25. The van der Waals surface area contributed by atoms with Gasteiger partial charge in [-0.25, -0.2) is 4.39 Å². The number of fused-ring (bicyclic) bond motifs is 1. The third-order valence-corrected chi connectivity index (χ3v) is 5.19. The summed E-state index contributed by atoms with van der Waals surface area (Å²) in [4.78, 5) is 0. The molecule has 0 N–H and O–H groups in total. The lowest BCUT2D eigenvalue weighted by Gasteiger charge is -2.33. The molecule has 3 fully saturated rings. The van der Waals surface area contributed by atoms with Crippen molar-refractivity contribution in [3.8, 4) is 0 Å². The highest BCUT2D eigenvalue weighted by Crippen LogP contribution is 2.70. The van der Waals surface area contributed by atoms with Crippen LogP contribution in [0, 0.1) is 16.7 Å². The van der Waals surface area contributed by atoms with Crippen molar-refractivity contribution in [3.05, 3.63) is 0 Å². The zero-order chi connectivity index (χ0) is 12.3. The molecule has 0 amide bonds. The summed E-state index contributed by atoms with van der Waals surface area (Å²) in [5.41, 5.74) is 0.711. The van der Waals surface area contributed by atoms with Crippen LogP contribution in [0.3, 0.4) is 0 Å². The first-order chi connectivity index (χ1) is 7.83. The molecule has 3 aliphatic carbocycles. The van der Waals surface area contributed by atoms with Gasteiger partial charge in [0.25, 0.3) is 0 Å². The molecule has 3 aliphatic rings. The Kier molecular flexibility index (Phi) is 2.44. The van der Waals surface area contributed by atoms with Crippen molar-refractivity contribution in [1.82, 2.24) is 0 Å². The van der Waals surface area contributed by atoms with Crippen LogP contribution in [0.25, 0.3) is 0 Å². The van der Waals surface area contributed by atoms with Crippen molar-refractivity contribution in [3.63, 3.8) is 0 Å². The Balaban J connectivity index is 1.73. The highest BCUT2D eigenvalue weighted by atomic mass is 19.1. The van der Waals surface area contributed by atoms with Crippen molar-refractivity contribution in [1.29, 1.82) is 0 Å². The summed E-state index contributed by atoms with van der Waals surface area (Å²) in [7, 11) is 0. The van der Waals surface area contributed by atoms with E-state index in [1.807, 2.05) is 0 Å². The summed E-state index contributed by atoms with van der Waals surface area (Å²) in [6.45, 7) is 7.08. The Hall–Kier alpha value is -0.110. The molecule has 3 rings (SSSR count). The van der Waals surface area contributed by atoms with Gasteiger partial charge < -0.3 is 4.74 Å². The minimum absolute atomic E-state index is 0.0903. The summed E-state index contributed by atoms with van der Waals surface area (Å²) in [6, 6.07) is 0. The van der Waals surface area contributed by atoms with Crippen molar-refractivity contribution in [2.75, 3.05) is 6.61 Å². The molecular formula is C15H25FO. The Labute approximate surface area is 104 Å². The van der Waals surface area contributed by atoms with Gasteiger partial charge in [-0.3, -0.25) is 0 Å². The normalized spacial score (nSPS) is 43.1. The zero-order valence-corrected chi connectivity index (χ0v) is 11.4. The first-order valence-electron chi connectivity index (χ1n) is 7.11. The molecule has 0 radical (unpaired) electrons. The van der Waals surface area contributed by atoms with E-state index < -0.39 is 6.17 Å². The summed E-state index contributed by atoms with van der Waals surface area (Å²) in [5.74, 6) is 0.599. The fraction of sp³-hybridized carbons (Fsp3) is 1.00. The molecule has 98 valence electrons. The van der Waals surface area contributed by atoms with Gasteiger partial charge in [-0.15, -0.1) is 0 Å². The van der Waals surface area contributed by atoms with E-state index >= 15 is 0 Å². The second kappa shape index (κ2) is 3.46. The van der Waals surface area contributed by atoms with E-state index in [4.69, 9.17) is 4.74 Å². The molecule has 0 aromatic heterocycles. The van der Waals surface area contributed by atoms with Crippen molar-refractivity contribution >= 4 is 0 Å². The monoisotopic (exact) mass is 240 g/mol. The maximum atomic E-state index is 13.7. The van der Waals surface area contributed by atoms with E-state index in [2.05, 4.69) is 20.8 Å². The highest BCUT2D eigenvalue weighted by molar-refractivity contribution is 5.12. The molecule has 0 aromatic carbocycles. The smallest absolute Gasteiger partial charge is 0.101 e. The summed E-state index contributed by atoms with van der Waals surface area (Å²) in [5, 5.41) is 0. The third kappa shape index (κ3) is 2.14. The predicted octanol–water partition coefficient (Wildman–Crippen LogP) is 4.11. The molecule has 0 saturated heterocycles. The topological polar surface area (TPSA) is 9.23 Å². The van der Waals surface area contributed by atoms with Gasteiger partial charge in [0.05, 0.1) is 12.2 Å². The highest BCUT2D eigenvalue weighted by Gasteiger charge is 2.62. The quantitative estimate of drug-likeness (QED) is 0.706. The Morgan fingerprint density at radius 2 is 1.94 bits per heavy atom. The molecule has 0 aromatic rings. The predicted molar refractivity (Wildman–Crippen MR) is 66.7 cm³/mol. The maximum Gasteiger partial charge on any atom is 0.101 e. The minimum atomic E-state index is -0.570. The lowest BCUT2D eigenvalue weighted by molar-refractivity contribution is -0.0603. The second-order valence-corrected chi connectivity index (χ2v) is 7.88. The molecule has 1 nitrogen and oxygen atoms in total. The molecule has 0 bridgehead atoms. The molecule has 3 saturated carbocycles. The van der Waals surface area contributed by atoms with Crippen LogP contribution in [0.4, 0.5) is 4.39 Å². The van der Waals surface area contributed by atoms with Gasteiger partial charge >= 0.3 is 0 Å². The molecule has 0 aliphatic heterocycles. The van der Waals surface area contributed by atoms with Crippen LogP contribution >= 0.6 is 0 Å². The number of rotatable bonds is 2. The molecular weight excluding hydrogens is 215 g/mol. The van der Waals surface area contributed by atoms with E-state index in [9.17, 15) is 4.39 Å². The van der Waals surface area contributed by atoms with Crippen LogP contribution in [0.1, 0.15) is 59.3 Å². The number of hydrogen-bond donors (Lipinski definition) is 0. The molecule has 2 heteroatoms. The summed E-state index contributed by atoms with van der Waals surface area (Å²) < 4.78 is 19.7. The van der Waals surface area contributed by atoms with Gasteiger partial charge in [-0.05, 0) is 76.0 Å². The van der Waals surface area contributed by atoms with Gasteiger partial charge in [0.1, 0.15) is 6.17 Å². The Morgan fingerprint density at radius 3 is 2.53 bits per heavy atom. The molecule has 1 spiro atoms. The van der Waals surface area contributed by atoms with Crippen LogP contribution in [0.5, 0.6) is 0 Å². The average molecular weight is 240 g/mol. The lowest BCUT2D eigenvalue weighted by atomic mass is 9.80. The van der Waals surface area contributed by atoms with Gasteiger partial charge in [0, 0.05) is 0 Å². The SMILES string of the molecule is CC(C)(C)OC[C@]12C[C@@H](F)CC1CC1(CC1)C2. The van der Waals surface area contributed by atoms with E-state index in [0.29, 0.717) is 11.3 Å². The van der Waals surface area contributed by atoms with Gasteiger partial charge in [0.15, 0.2) is 0 Å². The zero-order valence-electron chi connectivity index (χ0n) is 11.4. The van der Waals surface area contributed by atoms with E-state index in [1.165, 1.54) is 25.7 Å². The fourth-order valence-electron chi connectivity index (χ4n) is 4.25. The van der Waals surface area contributed by atoms with Crippen LogP contribution in [-0.2, 0) is 4.74 Å². The number of ether oxygens (including phenoxy) is 1. The van der Waals surface area contributed by atoms with Gasteiger partial charge in [-0.2, -0.15) is 0 Å². The number of hydrogen-bond acceptors (Lipinski definition) is 1. The van der Waals surface area contributed by atoms with Crippen LogP contribution in [0.2, 0.25) is 0 Å². The van der Waals surface area contributed by atoms with Gasteiger partial charge in [-0.1, -0.05) is 0 Å². The van der Waals surface area contributed by atoms with Gasteiger partial charge in [0.2, 0.25) is 0 Å². The largest absolute Gasteiger partial charge is 0.375 e. The summed E-state index contributed by atoms with van der Waals surface area (Å²) >= 11 is 0. The maximum absolute atomic E-state index is 13.7. The van der Waals surface area contributed by atoms with Crippen molar-refractivity contribution < 1.29 is 9.13 Å². The average Bonchev–Trinajstić information content (AvgIpc) is 2.74. The molecule has 1 unspecified atom stereocenters. The van der Waals surface area contributed by atoms with Crippen LogP contribution in [-0.4, -0.2) is 18.4 Å². The first kappa shape index (κ1) is 12.0. The lowest BCUT2D eigenvalue weighted by Crippen LogP contribution is -2.32. The Morgan fingerprint density at radius 1 is 1.24 bits per heavy atom. The number of halogens is 1. The van der Waals surface area contributed by atoms with E-state index in [-0.39, 0.29) is 11.0 Å². The summed E-state index contributed by atoms with van der Waals surface area (Å²) in [6.07, 6.45) is 6.28. The number of alkyl halides is 1. The van der Waals surface area contributed by atoms with Crippen molar-refractivity contribution in [2.24, 2.45) is 16.7 Å². The van der Waals surface area contributed by atoms with Crippen LogP contribution in [0.15, 0.2) is 0 Å². The molecule has 17 heavy (non-hydrogen) atoms. The van der Waals surface area contributed by atoms with E-state index in [0.717, 1.165) is 19.4 Å². The van der Waals surface area contributed by atoms with Crippen LogP contribution < -0.4 is 0 Å². The van der Waals surface area contributed by atoms with E-state index in [1.54, 1.807) is 0 Å². The standard InChI is InChI=1S/C15H25FO/c1-13(2,3)17-10-15-8-12(16)6-11(15)7-14(9-15)4-5-14/h11-12H,4-10H2,1-3H3/t11?,12-,15+/m0/s1. The minimum Gasteiger partial charge on any atom is -0.375 e. The third-order valence-electron chi connectivity index (χ3n) is 5.19. The Bertz CT molecular complexity index is 315. The second-order valence-electron chi connectivity index (χ2n) is 7.88. The molecule has 3 atom stereocenters. The molecule has 0 heterocycles.